The summed E-state index contributed by atoms with van der Waals surface area (Å²) in [7, 11) is 0. The summed E-state index contributed by atoms with van der Waals surface area (Å²) in [6.07, 6.45) is 5.09. The molecule has 0 spiro atoms. The number of carbonyl (C=O) groups excluding carboxylic acids is 1. The Morgan fingerprint density at radius 2 is 2.05 bits per heavy atom. The van der Waals surface area contributed by atoms with Crippen molar-refractivity contribution in [2.24, 2.45) is 0 Å². The van der Waals surface area contributed by atoms with Gasteiger partial charge in [0, 0.05) is 19.0 Å². The summed E-state index contributed by atoms with van der Waals surface area (Å²) in [6.45, 7) is 0.603. The lowest BCUT2D eigenvalue weighted by atomic mass is 10.1. The highest BCUT2D eigenvalue weighted by Crippen LogP contribution is 2.27. The number of carbonyl (C=O) groups is 1. The average molecular weight is 256 g/mol. The van der Waals surface area contributed by atoms with Crippen LogP contribution in [0.5, 0.6) is 0 Å². The zero-order valence-electron chi connectivity index (χ0n) is 11.2. The van der Waals surface area contributed by atoms with Crippen LogP contribution in [0.25, 0.3) is 0 Å². The molecule has 1 aliphatic rings. The van der Waals surface area contributed by atoms with Crippen LogP contribution in [0.2, 0.25) is 0 Å². The maximum atomic E-state index is 12.1. The van der Waals surface area contributed by atoms with E-state index in [2.05, 4.69) is 18.2 Å². The molecule has 0 N–H and O–H groups in total. The van der Waals surface area contributed by atoms with Crippen molar-refractivity contribution < 1.29 is 4.79 Å². The third-order valence-corrected chi connectivity index (χ3v) is 3.47. The van der Waals surface area contributed by atoms with E-state index in [4.69, 9.17) is 5.26 Å². The van der Waals surface area contributed by atoms with Crippen molar-refractivity contribution in [2.45, 2.75) is 44.6 Å². The first-order valence-corrected chi connectivity index (χ1v) is 7.01. The van der Waals surface area contributed by atoms with Crippen LogP contribution in [-0.2, 0) is 11.2 Å². The molecule has 0 aliphatic heterocycles. The number of rotatable bonds is 7. The summed E-state index contributed by atoms with van der Waals surface area (Å²) in [4.78, 5) is 14.0. The summed E-state index contributed by atoms with van der Waals surface area (Å²) in [5, 5.41) is 8.64. The number of hydrogen-bond acceptors (Lipinski definition) is 2. The number of nitrogens with zero attached hydrogens (tertiary/aromatic N) is 2. The molecule has 0 aromatic heterocycles. The molecule has 0 bridgehead atoms. The first kappa shape index (κ1) is 13.6. The lowest BCUT2D eigenvalue weighted by molar-refractivity contribution is -0.131. The molecule has 3 nitrogen and oxygen atoms in total. The molecule has 1 aromatic rings. The van der Waals surface area contributed by atoms with Gasteiger partial charge in [0.05, 0.1) is 12.5 Å². The normalized spacial score (nSPS) is 13.8. The Hall–Kier alpha value is -1.82. The SMILES string of the molecule is N#CCCN(C(=O)CCCc1ccccc1)C1CC1. The second-order valence-corrected chi connectivity index (χ2v) is 5.07. The third-order valence-electron chi connectivity index (χ3n) is 3.47. The minimum Gasteiger partial charge on any atom is -0.339 e. The fourth-order valence-corrected chi connectivity index (χ4v) is 2.30. The van der Waals surface area contributed by atoms with E-state index in [0.717, 1.165) is 25.7 Å². The van der Waals surface area contributed by atoms with Crippen molar-refractivity contribution in [1.29, 1.82) is 5.26 Å². The van der Waals surface area contributed by atoms with Gasteiger partial charge in [0.2, 0.25) is 5.91 Å². The van der Waals surface area contributed by atoms with E-state index in [1.807, 2.05) is 23.1 Å². The molecule has 1 fully saturated rings. The van der Waals surface area contributed by atoms with Crippen molar-refractivity contribution in [2.75, 3.05) is 6.54 Å². The maximum Gasteiger partial charge on any atom is 0.222 e. The Kier molecular flexibility index (Phi) is 4.97. The van der Waals surface area contributed by atoms with Crippen molar-refractivity contribution in [3.8, 4) is 6.07 Å². The van der Waals surface area contributed by atoms with Gasteiger partial charge < -0.3 is 4.90 Å². The lowest BCUT2D eigenvalue weighted by Gasteiger charge is -2.21. The number of hydrogen-bond donors (Lipinski definition) is 0. The summed E-state index contributed by atoms with van der Waals surface area (Å²) in [5.41, 5.74) is 1.28. The van der Waals surface area contributed by atoms with Crippen LogP contribution < -0.4 is 0 Å². The van der Waals surface area contributed by atoms with Gasteiger partial charge in [0.1, 0.15) is 0 Å². The minimum absolute atomic E-state index is 0.216. The Bertz CT molecular complexity index is 446. The van der Waals surface area contributed by atoms with Crippen LogP contribution in [0.4, 0.5) is 0 Å². The van der Waals surface area contributed by atoms with Crippen LogP contribution in [0.3, 0.4) is 0 Å². The van der Waals surface area contributed by atoms with Crippen molar-refractivity contribution >= 4 is 5.91 Å². The molecule has 0 heterocycles. The molecule has 0 saturated heterocycles. The fourth-order valence-electron chi connectivity index (χ4n) is 2.30. The van der Waals surface area contributed by atoms with Crippen LogP contribution in [0, 0.1) is 11.3 Å². The zero-order valence-corrected chi connectivity index (χ0v) is 11.2. The molecule has 1 amide bonds. The van der Waals surface area contributed by atoms with Gasteiger partial charge in [-0.2, -0.15) is 5.26 Å². The molecule has 1 saturated carbocycles. The molecule has 3 heteroatoms. The molecule has 2 rings (SSSR count). The molecule has 0 unspecified atom stereocenters. The summed E-state index contributed by atoms with van der Waals surface area (Å²) in [6, 6.07) is 12.8. The molecule has 100 valence electrons. The van der Waals surface area contributed by atoms with Gasteiger partial charge >= 0.3 is 0 Å². The first-order valence-electron chi connectivity index (χ1n) is 7.01. The highest BCUT2D eigenvalue weighted by atomic mass is 16.2. The zero-order chi connectivity index (χ0) is 13.5. The second kappa shape index (κ2) is 6.94. The van der Waals surface area contributed by atoms with Gasteiger partial charge in [0.25, 0.3) is 0 Å². The van der Waals surface area contributed by atoms with E-state index in [0.29, 0.717) is 25.4 Å². The van der Waals surface area contributed by atoms with Gasteiger partial charge in [-0.1, -0.05) is 30.3 Å². The van der Waals surface area contributed by atoms with E-state index < -0.39 is 0 Å². The molecule has 0 atom stereocenters. The van der Waals surface area contributed by atoms with Crippen molar-refractivity contribution in [3.05, 3.63) is 35.9 Å². The summed E-state index contributed by atoms with van der Waals surface area (Å²) in [5.74, 6) is 0.216. The van der Waals surface area contributed by atoms with E-state index >= 15 is 0 Å². The highest BCUT2D eigenvalue weighted by molar-refractivity contribution is 5.76. The van der Waals surface area contributed by atoms with E-state index in [9.17, 15) is 4.79 Å². The third kappa shape index (κ3) is 4.40. The molecular weight excluding hydrogens is 236 g/mol. The molecule has 19 heavy (non-hydrogen) atoms. The largest absolute Gasteiger partial charge is 0.339 e. The van der Waals surface area contributed by atoms with Gasteiger partial charge in [-0.25, -0.2) is 0 Å². The molecular formula is C16H20N2O. The Morgan fingerprint density at radius 1 is 1.32 bits per heavy atom. The molecule has 1 aliphatic carbocycles. The average Bonchev–Trinajstić information content (AvgIpc) is 3.25. The molecule has 1 aromatic carbocycles. The topological polar surface area (TPSA) is 44.1 Å². The quantitative estimate of drug-likeness (QED) is 0.753. The Balaban J connectivity index is 1.74. The predicted molar refractivity (Wildman–Crippen MR) is 74.3 cm³/mol. The van der Waals surface area contributed by atoms with Crippen LogP contribution in [0.15, 0.2) is 30.3 Å². The second-order valence-electron chi connectivity index (χ2n) is 5.07. The number of nitriles is 1. The predicted octanol–water partition coefficient (Wildman–Crippen LogP) is 2.91. The monoisotopic (exact) mass is 256 g/mol. The van der Waals surface area contributed by atoms with Gasteiger partial charge in [-0.05, 0) is 31.2 Å². The number of aryl methyl sites for hydroxylation is 1. The van der Waals surface area contributed by atoms with Gasteiger partial charge in [-0.15, -0.1) is 0 Å². The number of amides is 1. The van der Waals surface area contributed by atoms with Gasteiger partial charge in [-0.3, -0.25) is 4.79 Å². The van der Waals surface area contributed by atoms with Gasteiger partial charge in [0.15, 0.2) is 0 Å². The first-order chi connectivity index (χ1) is 9.31. The standard InChI is InChI=1S/C16H20N2O/c17-12-5-13-18(15-10-11-15)16(19)9-4-8-14-6-2-1-3-7-14/h1-3,6-7,15H,4-5,8-11,13H2. The van der Waals surface area contributed by atoms with Crippen molar-refractivity contribution in [3.63, 3.8) is 0 Å². The minimum atomic E-state index is 0.216. The summed E-state index contributed by atoms with van der Waals surface area (Å²) < 4.78 is 0. The lowest BCUT2D eigenvalue weighted by Crippen LogP contribution is -2.33. The fraction of sp³-hybridized carbons (Fsp3) is 0.500. The number of benzene rings is 1. The highest BCUT2D eigenvalue weighted by Gasteiger charge is 2.31. The van der Waals surface area contributed by atoms with Crippen LogP contribution >= 0.6 is 0 Å². The Labute approximate surface area is 114 Å². The molecule has 0 radical (unpaired) electrons. The summed E-state index contributed by atoms with van der Waals surface area (Å²) >= 11 is 0. The Morgan fingerprint density at radius 3 is 2.68 bits per heavy atom. The van der Waals surface area contributed by atoms with E-state index in [1.165, 1.54) is 5.56 Å². The van der Waals surface area contributed by atoms with E-state index in [1.54, 1.807) is 0 Å². The van der Waals surface area contributed by atoms with Crippen LogP contribution in [0.1, 0.15) is 37.7 Å². The van der Waals surface area contributed by atoms with Crippen molar-refractivity contribution in [1.82, 2.24) is 4.90 Å². The van der Waals surface area contributed by atoms with E-state index in [-0.39, 0.29) is 5.91 Å². The maximum absolute atomic E-state index is 12.1. The van der Waals surface area contributed by atoms with Crippen LogP contribution in [-0.4, -0.2) is 23.4 Å². The smallest absolute Gasteiger partial charge is 0.222 e.